The number of nitrogens with two attached hydrogens (primary N) is 1. The van der Waals surface area contributed by atoms with Gasteiger partial charge in [0.1, 0.15) is 22.8 Å². The molecule has 2 saturated carbocycles. The van der Waals surface area contributed by atoms with E-state index in [0.717, 1.165) is 37.4 Å². The van der Waals surface area contributed by atoms with Crippen LogP contribution in [0.1, 0.15) is 74.0 Å². The van der Waals surface area contributed by atoms with Gasteiger partial charge in [0.15, 0.2) is 0 Å². The normalized spacial score (nSPS) is 15.5. The van der Waals surface area contributed by atoms with E-state index < -0.39 is 35.7 Å². The van der Waals surface area contributed by atoms with Crippen LogP contribution in [0.2, 0.25) is 5.28 Å². The lowest BCUT2D eigenvalue weighted by Gasteiger charge is -2.15. The predicted molar refractivity (Wildman–Crippen MR) is 174 cm³/mol. The molecule has 49 heavy (non-hydrogen) atoms. The Morgan fingerprint density at radius 1 is 0.755 bits per heavy atom. The molecule has 264 valence electrons. The van der Waals surface area contributed by atoms with Gasteiger partial charge in [-0.2, -0.15) is 31.3 Å². The van der Waals surface area contributed by atoms with Crippen molar-refractivity contribution in [1.29, 1.82) is 0 Å². The first-order chi connectivity index (χ1) is 23.0. The number of halogens is 7. The molecule has 2 fully saturated rings. The number of hydrogen-bond acceptors (Lipinski definition) is 10. The lowest BCUT2D eigenvalue weighted by Crippen LogP contribution is -2.15. The number of nitrogens with zero attached hydrogens (tertiary/aromatic N) is 4. The van der Waals surface area contributed by atoms with Crippen LogP contribution in [0, 0.1) is 0 Å². The number of aromatic nitrogens is 4. The fourth-order valence-corrected chi connectivity index (χ4v) is 4.24. The van der Waals surface area contributed by atoms with Crippen LogP contribution in [-0.2, 0) is 12.4 Å². The number of hydrogen-bond donors (Lipinski definition) is 6. The van der Waals surface area contributed by atoms with E-state index in [1.165, 1.54) is 0 Å². The van der Waals surface area contributed by atoms with Crippen LogP contribution in [0.5, 0.6) is 0 Å². The molecular formula is C32H35ClF6N8O2. The van der Waals surface area contributed by atoms with Crippen LogP contribution in [0.3, 0.4) is 0 Å². The first kappa shape index (κ1) is 37.4. The average Bonchev–Trinajstić information content (AvgIpc) is 3.95. The number of nitrogens with one attached hydrogen (secondary N) is 3. The van der Waals surface area contributed by atoms with E-state index in [1.807, 2.05) is 12.1 Å². The zero-order valence-corrected chi connectivity index (χ0v) is 27.1. The Hall–Kier alpha value is -4.41. The molecule has 10 nitrogen and oxygen atoms in total. The summed E-state index contributed by atoms with van der Waals surface area (Å²) in [6.45, 7) is 3.35. The second kappa shape index (κ2) is 15.9. The summed E-state index contributed by atoms with van der Waals surface area (Å²) in [6.07, 6.45) is -5.18. The van der Waals surface area contributed by atoms with E-state index in [9.17, 15) is 31.4 Å². The standard InChI is InChI=1S/C16H17F3N4O.C8H7ClF3N3.C8H11NO/c1-9(24)10-3-2-4-12(7-10)22-15-20-8-13(16(17,18)19)14(23-15)21-11-5-6-11;9-7-13-3-5(8(10,11)12)6(15-7)14-4-1-2-4;1-6(10)7-3-2-4-8(9)5-7/h2-4,7-9,11,24H,5-6H2,1H3,(H2,20,21,22,23);3-4H,1-2H2,(H,13,14,15);2-6,10H,9H2,1H3. The molecule has 2 atom stereocenters. The van der Waals surface area contributed by atoms with Crippen LogP contribution < -0.4 is 21.7 Å². The summed E-state index contributed by atoms with van der Waals surface area (Å²) >= 11 is 5.44. The number of rotatable bonds is 8. The van der Waals surface area contributed by atoms with Crippen LogP contribution in [0.25, 0.3) is 0 Å². The Morgan fingerprint density at radius 2 is 1.24 bits per heavy atom. The Balaban J connectivity index is 0.000000184. The van der Waals surface area contributed by atoms with Gasteiger partial charge in [-0.05, 0) is 86.5 Å². The third kappa shape index (κ3) is 11.9. The monoisotopic (exact) mass is 712 g/mol. The minimum absolute atomic E-state index is 0.0346. The second-order valence-electron chi connectivity index (χ2n) is 11.5. The summed E-state index contributed by atoms with van der Waals surface area (Å²) in [6, 6.07) is 14.3. The van der Waals surface area contributed by atoms with Crippen molar-refractivity contribution in [2.75, 3.05) is 21.7 Å². The third-order valence-corrected chi connectivity index (χ3v) is 7.20. The Morgan fingerprint density at radius 3 is 1.71 bits per heavy atom. The minimum Gasteiger partial charge on any atom is -0.399 e. The predicted octanol–water partition coefficient (Wildman–Crippen LogP) is 7.91. The van der Waals surface area contributed by atoms with Gasteiger partial charge in [-0.1, -0.05) is 24.3 Å². The molecule has 2 aliphatic rings. The molecule has 0 amide bonds. The highest BCUT2D eigenvalue weighted by molar-refractivity contribution is 6.28. The summed E-state index contributed by atoms with van der Waals surface area (Å²) in [7, 11) is 0. The van der Waals surface area contributed by atoms with Crippen LogP contribution in [0.4, 0.5) is 55.3 Å². The van der Waals surface area contributed by atoms with Crippen molar-refractivity contribution in [3.8, 4) is 0 Å². The minimum atomic E-state index is -4.51. The van der Waals surface area contributed by atoms with Gasteiger partial charge in [0.05, 0.1) is 12.2 Å². The third-order valence-electron chi connectivity index (χ3n) is 7.01. The maximum atomic E-state index is 13.1. The molecule has 7 N–H and O–H groups in total. The van der Waals surface area contributed by atoms with E-state index in [4.69, 9.17) is 22.4 Å². The zero-order chi connectivity index (χ0) is 35.9. The number of nitrogen functional groups attached to an aromatic ring is 1. The molecule has 0 spiro atoms. The Kier molecular flexibility index (Phi) is 12.1. The molecule has 2 heterocycles. The number of alkyl halides is 6. The molecule has 6 rings (SSSR count). The van der Waals surface area contributed by atoms with Gasteiger partial charge in [-0.3, -0.25) is 0 Å². The van der Waals surface area contributed by atoms with Gasteiger partial charge < -0.3 is 31.9 Å². The van der Waals surface area contributed by atoms with Gasteiger partial charge in [-0.25, -0.2) is 15.0 Å². The molecule has 17 heteroatoms. The zero-order valence-electron chi connectivity index (χ0n) is 26.3. The van der Waals surface area contributed by atoms with Gasteiger partial charge in [0.2, 0.25) is 11.2 Å². The van der Waals surface area contributed by atoms with Crippen LogP contribution in [-0.4, -0.2) is 42.2 Å². The lowest BCUT2D eigenvalue weighted by molar-refractivity contribution is -0.138. The lowest BCUT2D eigenvalue weighted by atomic mass is 10.1. The van der Waals surface area contributed by atoms with E-state index in [0.29, 0.717) is 23.1 Å². The summed E-state index contributed by atoms with van der Waals surface area (Å²) in [5.41, 5.74) is 6.56. The summed E-state index contributed by atoms with van der Waals surface area (Å²) in [4.78, 5) is 14.6. The number of aliphatic hydroxyl groups is 2. The molecule has 4 aromatic rings. The number of anilines is 5. The Bertz CT molecular complexity index is 1700. The van der Waals surface area contributed by atoms with Gasteiger partial charge >= 0.3 is 12.4 Å². The molecule has 0 aliphatic heterocycles. The summed E-state index contributed by atoms with van der Waals surface area (Å²) in [5.74, 6) is -0.381. The van der Waals surface area contributed by atoms with Crippen molar-refractivity contribution in [2.45, 2.75) is 76.2 Å². The topological polar surface area (TPSA) is 154 Å². The van der Waals surface area contributed by atoms with Gasteiger partial charge in [-0.15, -0.1) is 0 Å². The maximum Gasteiger partial charge on any atom is 0.421 e. The van der Waals surface area contributed by atoms with E-state index in [-0.39, 0.29) is 35.0 Å². The van der Waals surface area contributed by atoms with Crippen molar-refractivity contribution < 1.29 is 36.6 Å². The van der Waals surface area contributed by atoms with Crippen molar-refractivity contribution >= 4 is 40.6 Å². The Labute approximate surface area is 283 Å². The number of aliphatic hydroxyl groups excluding tert-OH is 2. The smallest absolute Gasteiger partial charge is 0.399 e. The molecular weight excluding hydrogens is 678 g/mol. The fraction of sp³-hybridized carbons (Fsp3) is 0.375. The highest BCUT2D eigenvalue weighted by Crippen LogP contribution is 2.37. The average molecular weight is 713 g/mol. The fourth-order valence-electron chi connectivity index (χ4n) is 4.10. The molecule has 2 aromatic heterocycles. The highest BCUT2D eigenvalue weighted by atomic mass is 35.5. The van der Waals surface area contributed by atoms with E-state index in [1.54, 1.807) is 50.2 Å². The SMILES string of the molecule is CC(O)c1cccc(N)c1.CC(O)c1cccc(Nc2ncc(C(F)(F)F)c(NC3CC3)n2)c1.FC(F)(F)c1cnc(Cl)nc1NC1CC1. The first-order valence-electron chi connectivity index (χ1n) is 15.1. The molecule has 0 radical (unpaired) electrons. The molecule has 2 aromatic carbocycles. The number of benzene rings is 2. The van der Waals surface area contributed by atoms with Crippen LogP contribution in [0.15, 0.2) is 60.9 Å². The molecule has 0 bridgehead atoms. The molecule has 0 saturated heterocycles. The summed E-state index contributed by atoms with van der Waals surface area (Å²) in [5, 5.41) is 26.8. The van der Waals surface area contributed by atoms with Crippen molar-refractivity contribution in [3.63, 3.8) is 0 Å². The first-order valence-corrected chi connectivity index (χ1v) is 15.5. The van der Waals surface area contributed by atoms with Crippen LogP contribution >= 0.6 is 11.6 Å². The van der Waals surface area contributed by atoms with Gasteiger partial charge in [0.25, 0.3) is 0 Å². The van der Waals surface area contributed by atoms with Gasteiger partial charge in [0, 0.05) is 35.9 Å². The maximum absolute atomic E-state index is 13.1. The van der Waals surface area contributed by atoms with E-state index in [2.05, 4.69) is 35.9 Å². The second-order valence-corrected chi connectivity index (χ2v) is 11.8. The van der Waals surface area contributed by atoms with E-state index >= 15 is 0 Å². The highest BCUT2D eigenvalue weighted by Gasteiger charge is 2.38. The van der Waals surface area contributed by atoms with Crippen molar-refractivity contribution in [3.05, 3.63) is 88.5 Å². The van der Waals surface area contributed by atoms with Crippen molar-refractivity contribution in [1.82, 2.24) is 19.9 Å². The largest absolute Gasteiger partial charge is 0.421 e. The quantitative estimate of drug-likeness (QED) is 0.0603. The summed E-state index contributed by atoms with van der Waals surface area (Å²) < 4.78 is 76.6. The molecule has 2 unspecified atom stereocenters. The van der Waals surface area contributed by atoms with Crippen molar-refractivity contribution in [2.24, 2.45) is 0 Å². The molecule has 2 aliphatic carbocycles.